The van der Waals surface area contributed by atoms with Gasteiger partial charge in [0.1, 0.15) is 0 Å². The van der Waals surface area contributed by atoms with Crippen molar-refractivity contribution in [2.24, 2.45) is 0 Å². The molecule has 0 aromatic carbocycles. The average molecular weight is 180 g/mol. The van der Waals surface area contributed by atoms with Gasteiger partial charge in [0.15, 0.2) is 5.78 Å². The van der Waals surface area contributed by atoms with Crippen LogP contribution >= 0.6 is 0 Å². The molecule has 0 aliphatic carbocycles. The summed E-state index contributed by atoms with van der Waals surface area (Å²) in [4.78, 5) is 23.7. The number of carbonyl (C=O) groups is 2. The zero-order chi connectivity index (χ0) is 9.84. The molecule has 1 unspecified atom stereocenters. The average Bonchev–Trinajstić information content (AvgIpc) is 2.41. The number of amides is 1. The van der Waals surface area contributed by atoms with Crippen molar-refractivity contribution in [1.82, 2.24) is 4.90 Å². The lowest BCUT2D eigenvalue weighted by molar-refractivity contribution is -0.129. The fraction of sp³-hybridized carbons (Fsp3) is 0.667. The van der Waals surface area contributed by atoms with Gasteiger partial charge in [-0.15, -0.1) is 0 Å². The summed E-state index contributed by atoms with van der Waals surface area (Å²) in [6, 6.07) is 1.95. The standard InChI is InChI=1S/C9H12N2O2/c1-2-7(3-4-10)11-6-8(12)5-9(11)13/h7H,2-3,5-6H2,1H3. The summed E-state index contributed by atoms with van der Waals surface area (Å²) in [5, 5.41) is 8.51. The van der Waals surface area contributed by atoms with Crippen molar-refractivity contribution in [3.63, 3.8) is 0 Å². The van der Waals surface area contributed by atoms with E-state index in [1.165, 1.54) is 4.90 Å². The van der Waals surface area contributed by atoms with Crippen LogP contribution in [0.15, 0.2) is 0 Å². The Morgan fingerprint density at radius 2 is 2.31 bits per heavy atom. The SMILES string of the molecule is CCC(CC#N)N1CC(=O)CC1=O. The summed E-state index contributed by atoms with van der Waals surface area (Å²) < 4.78 is 0. The van der Waals surface area contributed by atoms with Gasteiger partial charge in [0.25, 0.3) is 0 Å². The molecule has 4 nitrogen and oxygen atoms in total. The maximum absolute atomic E-state index is 11.3. The fourth-order valence-electron chi connectivity index (χ4n) is 1.52. The normalized spacial score (nSPS) is 18.9. The van der Waals surface area contributed by atoms with Gasteiger partial charge in [0, 0.05) is 6.04 Å². The highest BCUT2D eigenvalue weighted by Crippen LogP contribution is 2.15. The predicted octanol–water partition coefficient (Wildman–Crippen LogP) is 0.480. The quantitative estimate of drug-likeness (QED) is 0.593. The molecule has 1 aliphatic heterocycles. The van der Waals surface area contributed by atoms with Crippen molar-refractivity contribution < 1.29 is 9.59 Å². The highest BCUT2D eigenvalue weighted by Gasteiger charge is 2.31. The molecule has 1 atom stereocenters. The summed E-state index contributed by atoms with van der Waals surface area (Å²) in [7, 11) is 0. The molecule has 1 rings (SSSR count). The minimum atomic E-state index is -0.132. The third kappa shape index (κ3) is 2.05. The van der Waals surface area contributed by atoms with Gasteiger partial charge < -0.3 is 4.90 Å². The van der Waals surface area contributed by atoms with E-state index in [2.05, 4.69) is 0 Å². The monoisotopic (exact) mass is 180 g/mol. The van der Waals surface area contributed by atoms with Crippen LogP contribution in [0.5, 0.6) is 0 Å². The van der Waals surface area contributed by atoms with E-state index in [0.29, 0.717) is 6.42 Å². The van der Waals surface area contributed by atoms with Crippen molar-refractivity contribution in [2.75, 3.05) is 6.54 Å². The second-order valence-corrected chi connectivity index (χ2v) is 3.16. The summed E-state index contributed by atoms with van der Waals surface area (Å²) >= 11 is 0. The highest BCUT2D eigenvalue weighted by atomic mass is 16.2. The minimum absolute atomic E-state index is 0.0158. The lowest BCUT2D eigenvalue weighted by Gasteiger charge is -2.23. The maximum Gasteiger partial charge on any atom is 0.230 e. The van der Waals surface area contributed by atoms with E-state index in [0.717, 1.165) is 6.42 Å². The van der Waals surface area contributed by atoms with E-state index in [9.17, 15) is 9.59 Å². The van der Waals surface area contributed by atoms with Gasteiger partial charge in [-0.2, -0.15) is 5.26 Å². The number of carbonyl (C=O) groups excluding carboxylic acids is 2. The lowest BCUT2D eigenvalue weighted by Crippen LogP contribution is -2.35. The molecule has 70 valence electrons. The molecule has 13 heavy (non-hydrogen) atoms. The smallest absolute Gasteiger partial charge is 0.230 e. The number of hydrogen-bond acceptors (Lipinski definition) is 3. The van der Waals surface area contributed by atoms with Crippen LogP contribution in [-0.2, 0) is 9.59 Å². The molecule has 1 aliphatic rings. The zero-order valence-corrected chi connectivity index (χ0v) is 7.62. The third-order valence-electron chi connectivity index (χ3n) is 2.25. The van der Waals surface area contributed by atoms with Crippen LogP contribution in [0.2, 0.25) is 0 Å². The lowest BCUT2D eigenvalue weighted by atomic mass is 10.1. The maximum atomic E-state index is 11.3. The molecule has 0 spiro atoms. The van der Waals surface area contributed by atoms with Gasteiger partial charge in [0.05, 0.1) is 25.5 Å². The molecule has 0 saturated carbocycles. The Balaban J connectivity index is 2.64. The van der Waals surface area contributed by atoms with Crippen LogP contribution in [0.3, 0.4) is 0 Å². The van der Waals surface area contributed by atoms with E-state index < -0.39 is 0 Å². The summed E-state index contributed by atoms with van der Waals surface area (Å²) in [6.45, 7) is 2.11. The number of likely N-dealkylation sites (tertiary alicyclic amines) is 1. The Kier molecular flexibility index (Phi) is 3.02. The zero-order valence-electron chi connectivity index (χ0n) is 7.62. The molecule has 4 heteroatoms. The van der Waals surface area contributed by atoms with Crippen molar-refractivity contribution in [3.05, 3.63) is 0 Å². The third-order valence-corrected chi connectivity index (χ3v) is 2.25. The van der Waals surface area contributed by atoms with Gasteiger partial charge in [-0.05, 0) is 6.42 Å². The number of hydrogen-bond donors (Lipinski definition) is 0. The first kappa shape index (κ1) is 9.72. The molecule has 0 aromatic rings. The van der Waals surface area contributed by atoms with Crippen molar-refractivity contribution in [3.8, 4) is 6.07 Å². The van der Waals surface area contributed by atoms with E-state index >= 15 is 0 Å². The number of ketones is 1. The van der Waals surface area contributed by atoms with Crippen molar-refractivity contribution >= 4 is 11.7 Å². The largest absolute Gasteiger partial charge is 0.331 e. The molecule has 0 N–H and O–H groups in total. The molecule has 1 amide bonds. The Morgan fingerprint density at radius 1 is 1.62 bits per heavy atom. The molecule has 1 fully saturated rings. The molecule has 0 radical (unpaired) electrons. The first-order chi connectivity index (χ1) is 6.19. The summed E-state index contributed by atoms with van der Waals surface area (Å²) in [5.74, 6) is -0.173. The Bertz CT molecular complexity index is 267. The molecular weight excluding hydrogens is 168 g/mol. The number of rotatable bonds is 3. The van der Waals surface area contributed by atoms with Crippen LogP contribution in [0.1, 0.15) is 26.2 Å². The van der Waals surface area contributed by atoms with Crippen LogP contribution in [0.25, 0.3) is 0 Å². The Morgan fingerprint density at radius 3 is 2.69 bits per heavy atom. The predicted molar refractivity (Wildman–Crippen MR) is 45.6 cm³/mol. The first-order valence-electron chi connectivity index (χ1n) is 4.37. The van der Waals surface area contributed by atoms with Crippen LogP contribution in [-0.4, -0.2) is 29.2 Å². The molecule has 0 aromatic heterocycles. The Labute approximate surface area is 77.1 Å². The van der Waals surface area contributed by atoms with E-state index in [1.807, 2.05) is 13.0 Å². The molecule has 0 bridgehead atoms. The second kappa shape index (κ2) is 4.04. The Hall–Kier alpha value is -1.37. The van der Waals surface area contributed by atoms with Gasteiger partial charge in [0.2, 0.25) is 5.91 Å². The molecule has 1 heterocycles. The van der Waals surface area contributed by atoms with Crippen LogP contribution in [0.4, 0.5) is 0 Å². The van der Waals surface area contributed by atoms with Gasteiger partial charge in [-0.3, -0.25) is 9.59 Å². The topological polar surface area (TPSA) is 61.2 Å². The van der Waals surface area contributed by atoms with Crippen molar-refractivity contribution in [1.29, 1.82) is 5.26 Å². The van der Waals surface area contributed by atoms with E-state index in [4.69, 9.17) is 5.26 Å². The van der Waals surface area contributed by atoms with Gasteiger partial charge in [-0.1, -0.05) is 6.92 Å². The minimum Gasteiger partial charge on any atom is -0.331 e. The highest BCUT2D eigenvalue weighted by molar-refractivity contribution is 6.05. The van der Waals surface area contributed by atoms with Crippen LogP contribution < -0.4 is 0 Å². The number of nitrogens with zero attached hydrogens (tertiary/aromatic N) is 2. The first-order valence-corrected chi connectivity index (χ1v) is 4.37. The summed E-state index contributed by atoms with van der Waals surface area (Å²) in [6.07, 6.45) is 1.06. The number of Topliss-reactive ketones (excluding diaryl/α,β-unsaturated/α-hetero) is 1. The summed E-state index contributed by atoms with van der Waals surface area (Å²) in [5.41, 5.74) is 0. The second-order valence-electron chi connectivity index (χ2n) is 3.16. The molecular formula is C9H12N2O2. The van der Waals surface area contributed by atoms with Crippen molar-refractivity contribution in [2.45, 2.75) is 32.2 Å². The fourth-order valence-corrected chi connectivity index (χ4v) is 1.52. The van der Waals surface area contributed by atoms with E-state index in [-0.39, 0.29) is 30.7 Å². The van der Waals surface area contributed by atoms with Gasteiger partial charge >= 0.3 is 0 Å². The van der Waals surface area contributed by atoms with Crippen LogP contribution in [0, 0.1) is 11.3 Å². The van der Waals surface area contributed by atoms with Gasteiger partial charge in [-0.25, -0.2) is 0 Å². The molecule has 1 saturated heterocycles. The number of nitriles is 1. The van der Waals surface area contributed by atoms with E-state index in [1.54, 1.807) is 0 Å².